The zero-order valence-corrected chi connectivity index (χ0v) is 20.0. The van der Waals surface area contributed by atoms with Crippen molar-refractivity contribution in [3.63, 3.8) is 0 Å². The van der Waals surface area contributed by atoms with Crippen LogP contribution in [-0.2, 0) is 14.8 Å². The maximum Gasteiger partial charge on any atom is 0.248 e. The number of carbonyl (C=O) groups excluding carboxylic acids is 1. The highest BCUT2D eigenvalue weighted by atomic mass is 32.2. The average molecular weight is 494 g/mol. The van der Waals surface area contributed by atoms with E-state index in [1.807, 2.05) is 4.90 Å². The van der Waals surface area contributed by atoms with E-state index >= 15 is 0 Å². The summed E-state index contributed by atoms with van der Waals surface area (Å²) in [6.45, 7) is 3.55. The summed E-state index contributed by atoms with van der Waals surface area (Å²) in [5.41, 5.74) is 0.286. The van der Waals surface area contributed by atoms with Crippen molar-refractivity contribution in [1.29, 1.82) is 0 Å². The minimum atomic E-state index is -3.93. The molecule has 2 saturated heterocycles. The molecule has 184 valence electrons. The molecule has 0 radical (unpaired) electrons. The molecule has 3 heterocycles. The molecule has 0 N–H and O–H groups in total. The summed E-state index contributed by atoms with van der Waals surface area (Å²) >= 11 is 0. The molecule has 1 amide bonds. The molecule has 7 nitrogen and oxygen atoms in total. The van der Waals surface area contributed by atoms with Crippen LogP contribution in [0.15, 0.2) is 27.6 Å². The van der Waals surface area contributed by atoms with Gasteiger partial charge < -0.3 is 9.42 Å². The number of nitrogens with zero attached hydrogens (tertiary/aromatic N) is 3. The van der Waals surface area contributed by atoms with Crippen LogP contribution in [0.3, 0.4) is 0 Å². The largest absolute Gasteiger partial charge is 0.355 e. The zero-order valence-electron chi connectivity index (χ0n) is 19.2. The fourth-order valence-electron chi connectivity index (χ4n) is 4.62. The van der Waals surface area contributed by atoms with Gasteiger partial charge in [-0.15, -0.1) is 0 Å². The number of aryl methyl sites for hydroxylation is 1. The molecule has 0 bridgehead atoms. The molecule has 2 aliphatic rings. The number of sulfonamides is 1. The first-order valence-electron chi connectivity index (χ1n) is 11.7. The lowest BCUT2D eigenvalue weighted by atomic mass is 9.96. The molecular formula is C24H29F2N3O4S. The molecule has 1 aromatic carbocycles. The Hall–Kier alpha value is -2.59. The van der Waals surface area contributed by atoms with Crippen LogP contribution in [0.5, 0.6) is 0 Å². The number of hydrogen-bond acceptors (Lipinski definition) is 5. The number of halogens is 2. The third-order valence-electron chi connectivity index (χ3n) is 6.53. The van der Waals surface area contributed by atoms with E-state index in [9.17, 15) is 22.0 Å². The Morgan fingerprint density at radius 2 is 1.74 bits per heavy atom. The van der Waals surface area contributed by atoms with Crippen LogP contribution in [0.25, 0.3) is 12.2 Å². The van der Waals surface area contributed by atoms with E-state index in [1.54, 1.807) is 0 Å². The summed E-state index contributed by atoms with van der Waals surface area (Å²) in [6, 6.07) is 3.12. The summed E-state index contributed by atoms with van der Waals surface area (Å²) in [5.74, 6) is -1.54. The molecule has 34 heavy (non-hydrogen) atoms. The molecule has 0 saturated carbocycles. The molecular weight excluding hydrogens is 464 g/mol. The Kier molecular flexibility index (Phi) is 7.47. The van der Waals surface area contributed by atoms with Gasteiger partial charge in [-0.3, -0.25) is 4.79 Å². The molecule has 4 rings (SSSR count). The third kappa shape index (κ3) is 5.22. The Morgan fingerprint density at radius 3 is 2.38 bits per heavy atom. The van der Waals surface area contributed by atoms with Crippen LogP contribution >= 0.6 is 0 Å². The quantitative estimate of drug-likeness (QED) is 0.622. The second kappa shape index (κ2) is 10.4. The number of rotatable bonds is 5. The molecule has 0 atom stereocenters. The number of carbonyl (C=O) groups is 1. The molecule has 0 aliphatic carbocycles. The maximum absolute atomic E-state index is 13.9. The van der Waals surface area contributed by atoms with Crippen molar-refractivity contribution in [3.05, 3.63) is 46.9 Å². The van der Waals surface area contributed by atoms with Crippen molar-refractivity contribution >= 4 is 28.1 Å². The van der Waals surface area contributed by atoms with Gasteiger partial charge in [0.25, 0.3) is 0 Å². The smallest absolute Gasteiger partial charge is 0.248 e. The van der Waals surface area contributed by atoms with Gasteiger partial charge >= 0.3 is 0 Å². The lowest BCUT2D eigenvalue weighted by Crippen LogP contribution is -2.44. The van der Waals surface area contributed by atoms with Gasteiger partial charge in [0.1, 0.15) is 17.3 Å². The van der Waals surface area contributed by atoms with Gasteiger partial charge in [0.15, 0.2) is 10.7 Å². The van der Waals surface area contributed by atoms with E-state index in [1.165, 1.54) is 29.4 Å². The van der Waals surface area contributed by atoms with E-state index in [4.69, 9.17) is 4.52 Å². The lowest BCUT2D eigenvalue weighted by molar-refractivity contribution is -0.136. The second-order valence-electron chi connectivity index (χ2n) is 8.88. The van der Waals surface area contributed by atoms with Crippen molar-refractivity contribution in [2.45, 2.75) is 50.3 Å². The number of benzene rings is 1. The zero-order chi connectivity index (χ0) is 24.3. The van der Waals surface area contributed by atoms with Gasteiger partial charge in [0.2, 0.25) is 15.9 Å². The molecule has 2 fully saturated rings. The molecule has 0 unspecified atom stereocenters. The summed E-state index contributed by atoms with van der Waals surface area (Å²) < 4.78 is 60.5. The highest BCUT2D eigenvalue weighted by Crippen LogP contribution is 2.30. The molecule has 1 aromatic heterocycles. The maximum atomic E-state index is 13.9. The predicted octanol–water partition coefficient (Wildman–Crippen LogP) is 4.23. The Labute approximate surface area is 198 Å². The third-order valence-corrected chi connectivity index (χ3v) is 8.59. The van der Waals surface area contributed by atoms with E-state index in [0.717, 1.165) is 50.9 Å². The average Bonchev–Trinajstić information content (AvgIpc) is 3.01. The number of likely N-dealkylation sites (tertiary alicyclic amines) is 1. The van der Waals surface area contributed by atoms with Gasteiger partial charge in [-0.25, -0.2) is 17.2 Å². The van der Waals surface area contributed by atoms with Crippen LogP contribution in [-0.4, -0.2) is 54.9 Å². The fraction of sp³-hybridized carbons (Fsp3) is 0.500. The first-order chi connectivity index (χ1) is 16.3. The number of aromatic nitrogens is 1. The molecule has 10 heteroatoms. The lowest BCUT2D eigenvalue weighted by Gasteiger charge is -2.33. The highest BCUT2D eigenvalue weighted by molar-refractivity contribution is 7.89. The Bertz CT molecular complexity index is 1160. The summed E-state index contributed by atoms with van der Waals surface area (Å²) in [4.78, 5) is 14.8. The van der Waals surface area contributed by atoms with Crippen LogP contribution < -0.4 is 0 Å². The summed E-state index contributed by atoms with van der Waals surface area (Å²) in [5, 5.41) is 3.79. The molecule has 2 aromatic rings. The van der Waals surface area contributed by atoms with Gasteiger partial charge in [0.05, 0.1) is 0 Å². The van der Waals surface area contributed by atoms with Gasteiger partial charge in [0, 0.05) is 43.7 Å². The van der Waals surface area contributed by atoms with Crippen LogP contribution in [0.1, 0.15) is 55.5 Å². The van der Waals surface area contributed by atoms with Gasteiger partial charge in [-0.2, -0.15) is 4.31 Å². The number of amides is 1. The first kappa shape index (κ1) is 24.5. The molecule has 2 aliphatic heterocycles. The SMILES string of the molecule is Cc1noc(C=Cc2ccc(F)cc2F)c1S(=O)(=O)N1CCC(C(=O)N2CCCCCC2)CC1. The van der Waals surface area contributed by atoms with Crippen LogP contribution in [0.2, 0.25) is 0 Å². The Morgan fingerprint density at radius 1 is 1.06 bits per heavy atom. The van der Waals surface area contributed by atoms with E-state index in [2.05, 4.69) is 5.16 Å². The topological polar surface area (TPSA) is 83.7 Å². The minimum Gasteiger partial charge on any atom is -0.355 e. The standard InChI is InChI=1S/C24H29F2N3O4S/c1-17-23(22(33-27-17)9-7-18-6-8-20(25)16-21(18)26)34(31,32)29-14-10-19(11-15-29)24(30)28-12-4-2-3-5-13-28/h6-9,16,19H,2-5,10-15H2,1H3. The second-order valence-corrected chi connectivity index (χ2v) is 10.8. The monoisotopic (exact) mass is 493 g/mol. The predicted molar refractivity (Wildman–Crippen MR) is 123 cm³/mol. The van der Waals surface area contributed by atoms with Gasteiger partial charge in [-0.1, -0.05) is 18.0 Å². The van der Waals surface area contributed by atoms with Crippen molar-refractivity contribution in [2.75, 3.05) is 26.2 Å². The minimum absolute atomic E-state index is 0.0241. The van der Waals surface area contributed by atoms with Gasteiger partial charge in [-0.05, 0) is 56.9 Å². The summed E-state index contributed by atoms with van der Waals surface area (Å²) in [7, 11) is -3.93. The first-order valence-corrected chi connectivity index (χ1v) is 13.1. The van der Waals surface area contributed by atoms with Crippen molar-refractivity contribution in [3.8, 4) is 0 Å². The molecule has 0 spiro atoms. The normalized spacial score (nSPS) is 19.0. The van der Waals surface area contributed by atoms with E-state index in [-0.39, 0.29) is 46.8 Å². The van der Waals surface area contributed by atoms with Crippen molar-refractivity contribution < 1.29 is 26.5 Å². The van der Waals surface area contributed by atoms with E-state index < -0.39 is 21.7 Å². The number of hydrogen-bond donors (Lipinski definition) is 0. The van der Waals surface area contributed by atoms with E-state index in [0.29, 0.717) is 12.8 Å². The number of piperidine rings is 1. The van der Waals surface area contributed by atoms with Crippen molar-refractivity contribution in [2.24, 2.45) is 5.92 Å². The fourth-order valence-corrected chi connectivity index (χ4v) is 6.34. The Balaban J connectivity index is 1.47. The van der Waals surface area contributed by atoms with Crippen LogP contribution in [0, 0.1) is 24.5 Å². The van der Waals surface area contributed by atoms with Crippen molar-refractivity contribution in [1.82, 2.24) is 14.4 Å². The summed E-state index contributed by atoms with van der Waals surface area (Å²) in [6.07, 6.45) is 7.88. The highest BCUT2D eigenvalue weighted by Gasteiger charge is 2.37. The van der Waals surface area contributed by atoms with Crippen LogP contribution in [0.4, 0.5) is 8.78 Å².